The lowest BCUT2D eigenvalue weighted by Gasteiger charge is -2.40. The first-order valence-electron chi connectivity index (χ1n) is 11.2. The van der Waals surface area contributed by atoms with E-state index in [9.17, 15) is 14.2 Å². The topological polar surface area (TPSA) is 96.0 Å². The van der Waals surface area contributed by atoms with Crippen LogP contribution in [0, 0.1) is 10.8 Å². The quantitative estimate of drug-likeness (QED) is 0.635. The molecule has 3 atom stereocenters. The van der Waals surface area contributed by atoms with Crippen LogP contribution in [0.5, 0.6) is 5.75 Å². The second kappa shape index (κ2) is 12.0. The van der Waals surface area contributed by atoms with E-state index in [2.05, 4.69) is 5.29 Å². The molecule has 3 aliphatic rings. The molecule has 0 aromatic heterocycles. The lowest BCUT2D eigenvalue weighted by molar-refractivity contribution is 0.149. The molecule has 2 aromatic rings. The molecule has 168 valence electrons. The van der Waals surface area contributed by atoms with E-state index < -0.39 is 11.0 Å². The molecule has 2 fully saturated rings. The number of hydrogen-bond acceptors (Lipinski definition) is 4. The molecule has 3 N–H and O–H groups in total. The van der Waals surface area contributed by atoms with Crippen molar-refractivity contribution in [2.75, 3.05) is 13.1 Å². The van der Waals surface area contributed by atoms with Gasteiger partial charge in [-0.3, -0.25) is 5.01 Å². The van der Waals surface area contributed by atoms with Crippen molar-refractivity contribution in [2.24, 2.45) is 16.3 Å². The number of aromatic hydroxyl groups is 1. The van der Waals surface area contributed by atoms with Crippen LogP contribution in [0.25, 0.3) is 0 Å². The molecule has 0 amide bonds. The summed E-state index contributed by atoms with van der Waals surface area (Å²) in [6.07, 6.45) is 10.8. The molecule has 31 heavy (non-hydrogen) atoms. The van der Waals surface area contributed by atoms with Crippen LogP contribution in [-0.2, 0) is 17.4 Å². The molecule has 1 saturated carbocycles. The number of nitrogens with zero attached hydrogens (tertiary/aromatic N) is 2. The average molecular weight is 444 g/mol. The fraction of sp³-hybridized carbons (Fsp3) is 0.500. The first-order valence-corrected chi connectivity index (χ1v) is 12.4. The van der Waals surface area contributed by atoms with Crippen LogP contribution in [0.3, 0.4) is 0 Å². The van der Waals surface area contributed by atoms with Gasteiger partial charge >= 0.3 is 0 Å². The van der Waals surface area contributed by atoms with Gasteiger partial charge in [0.25, 0.3) is 0 Å². The van der Waals surface area contributed by atoms with Gasteiger partial charge in [0.05, 0.1) is 10.2 Å². The fourth-order valence-electron chi connectivity index (χ4n) is 4.71. The SMILES string of the molecule is C1CCCC1.NS(=O)c1ccccc1.O=NN1CCC2CCc3cc(O)ccc3C2C1. The standard InChI is InChI=1S/C13H16N2O2.C6H7NOS.C5H10/c16-11-3-4-12-10(7-11)2-1-9-5-6-15(14-17)8-13(9)12;7-9(8)6-4-2-1-3-5-6;1-2-4-5-3-1/h3-4,7,9,13,16H,1-2,5-6,8H2;1-5H,7H2;1-5H2. The van der Waals surface area contributed by atoms with Crippen molar-refractivity contribution >= 4 is 11.0 Å². The third-order valence-corrected chi connectivity index (χ3v) is 7.12. The molecule has 3 unspecified atom stereocenters. The summed E-state index contributed by atoms with van der Waals surface area (Å²) in [7, 11) is -1.33. The molecule has 0 radical (unpaired) electrons. The number of piperidine rings is 1. The highest BCUT2D eigenvalue weighted by atomic mass is 32.2. The molecule has 7 heteroatoms. The fourth-order valence-corrected chi connectivity index (χ4v) is 5.13. The van der Waals surface area contributed by atoms with E-state index in [1.807, 2.05) is 18.2 Å². The van der Waals surface area contributed by atoms with Crippen molar-refractivity contribution < 1.29 is 9.32 Å². The van der Waals surface area contributed by atoms with Crippen molar-refractivity contribution in [3.8, 4) is 5.75 Å². The largest absolute Gasteiger partial charge is 0.508 e. The Labute approximate surface area is 187 Å². The Hall–Kier alpha value is -2.25. The second-order valence-corrected chi connectivity index (χ2v) is 9.52. The summed E-state index contributed by atoms with van der Waals surface area (Å²) in [5.74, 6) is 1.42. The number of phenols is 1. The van der Waals surface area contributed by atoms with Crippen LogP contribution >= 0.6 is 0 Å². The monoisotopic (exact) mass is 443 g/mol. The van der Waals surface area contributed by atoms with Gasteiger partial charge in [-0.05, 0) is 60.6 Å². The number of fused-ring (bicyclic) bond motifs is 3. The number of rotatable bonds is 2. The maximum atomic E-state index is 10.6. The molecule has 2 aromatic carbocycles. The zero-order chi connectivity index (χ0) is 22.1. The van der Waals surface area contributed by atoms with Gasteiger partial charge in [-0.1, -0.05) is 56.4 Å². The zero-order valence-corrected chi connectivity index (χ0v) is 18.8. The summed E-state index contributed by atoms with van der Waals surface area (Å²) in [4.78, 5) is 11.3. The van der Waals surface area contributed by atoms with Crippen molar-refractivity contribution in [3.63, 3.8) is 0 Å². The number of benzene rings is 2. The highest BCUT2D eigenvalue weighted by Crippen LogP contribution is 2.42. The van der Waals surface area contributed by atoms with E-state index in [-0.39, 0.29) is 0 Å². The normalized spacial score (nSPS) is 22.5. The molecule has 1 saturated heterocycles. The van der Waals surface area contributed by atoms with E-state index in [1.54, 1.807) is 35.3 Å². The Bertz CT molecular complexity index is 851. The zero-order valence-electron chi connectivity index (χ0n) is 18.0. The van der Waals surface area contributed by atoms with Crippen molar-refractivity contribution in [1.29, 1.82) is 0 Å². The van der Waals surface area contributed by atoms with Crippen LogP contribution in [0.2, 0.25) is 0 Å². The van der Waals surface area contributed by atoms with Crippen molar-refractivity contribution in [2.45, 2.75) is 62.2 Å². The number of nitrogens with two attached hydrogens (primary N) is 1. The second-order valence-electron chi connectivity index (χ2n) is 8.45. The Morgan fingerprint density at radius 1 is 1.00 bits per heavy atom. The first kappa shape index (κ1) is 23.4. The average Bonchev–Trinajstić information content (AvgIpc) is 3.40. The summed E-state index contributed by atoms with van der Waals surface area (Å²) in [5, 5.41) is 19.3. The Morgan fingerprint density at radius 2 is 1.68 bits per heavy atom. The lowest BCUT2D eigenvalue weighted by atomic mass is 9.72. The van der Waals surface area contributed by atoms with Gasteiger partial charge in [-0.25, -0.2) is 9.35 Å². The minimum absolute atomic E-state index is 0.336. The minimum atomic E-state index is -1.33. The molecule has 0 bridgehead atoms. The molecule has 1 aliphatic heterocycles. The number of hydrogen-bond donors (Lipinski definition) is 2. The van der Waals surface area contributed by atoms with Gasteiger partial charge in [-0.2, -0.15) is 0 Å². The molecule has 6 nitrogen and oxygen atoms in total. The Balaban J connectivity index is 0.000000162. The first-order chi connectivity index (χ1) is 15.1. The summed E-state index contributed by atoms with van der Waals surface area (Å²) in [5.41, 5.74) is 2.53. The van der Waals surface area contributed by atoms with E-state index in [4.69, 9.17) is 5.14 Å². The van der Waals surface area contributed by atoms with Crippen molar-refractivity contribution in [3.05, 3.63) is 64.6 Å². The van der Waals surface area contributed by atoms with Gasteiger partial charge in [0, 0.05) is 19.0 Å². The Morgan fingerprint density at radius 3 is 2.26 bits per heavy atom. The summed E-state index contributed by atoms with van der Waals surface area (Å²) >= 11 is 0. The van der Waals surface area contributed by atoms with Crippen LogP contribution in [0.1, 0.15) is 62.0 Å². The molecule has 2 aliphatic carbocycles. The van der Waals surface area contributed by atoms with Gasteiger partial charge in [0.2, 0.25) is 0 Å². The summed E-state index contributed by atoms with van der Waals surface area (Å²) in [6.45, 7) is 1.52. The molecular weight excluding hydrogens is 410 g/mol. The molecule has 0 spiro atoms. The van der Waals surface area contributed by atoms with Crippen LogP contribution in [0.4, 0.5) is 0 Å². The van der Waals surface area contributed by atoms with Gasteiger partial charge in [0.15, 0.2) is 0 Å². The van der Waals surface area contributed by atoms with Gasteiger partial charge < -0.3 is 5.11 Å². The molecule has 1 heterocycles. The lowest BCUT2D eigenvalue weighted by Crippen LogP contribution is -2.38. The predicted octanol–water partition coefficient (Wildman–Crippen LogP) is 5.04. The highest BCUT2D eigenvalue weighted by Gasteiger charge is 2.34. The maximum Gasteiger partial charge on any atom is 0.122 e. The summed E-state index contributed by atoms with van der Waals surface area (Å²) < 4.78 is 10.5. The smallest absolute Gasteiger partial charge is 0.122 e. The predicted molar refractivity (Wildman–Crippen MR) is 125 cm³/mol. The van der Waals surface area contributed by atoms with Crippen LogP contribution < -0.4 is 5.14 Å². The molecule has 5 rings (SSSR count). The van der Waals surface area contributed by atoms with Gasteiger partial charge in [-0.15, -0.1) is 4.91 Å². The van der Waals surface area contributed by atoms with Crippen molar-refractivity contribution in [1.82, 2.24) is 5.01 Å². The Kier molecular flexibility index (Phi) is 9.03. The maximum absolute atomic E-state index is 10.6. The van der Waals surface area contributed by atoms with Gasteiger partial charge in [0.1, 0.15) is 16.7 Å². The summed E-state index contributed by atoms with van der Waals surface area (Å²) in [6, 6.07) is 14.5. The number of phenolic OH excluding ortho intramolecular Hbond substituents is 1. The molecular formula is C24H33N3O3S. The number of nitroso groups, excluding NO2 is 1. The third-order valence-electron chi connectivity index (χ3n) is 6.39. The van der Waals surface area contributed by atoms with E-state index >= 15 is 0 Å². The van der Waals surface area contributed by atoms with E-state index in [1.165, 1.54) is 43.2 Å². The highest BCUT2D eigenvalue weighted by molar-refractivity contribution is 7.82. The van der Waals surface area contributed by atoms with Crippen LogP contribution in [0.15, 0.2) is 58.7 Å². The van der Waals surface area contributed by atoms with Crippen LogP contribution in [-0.4, -0.2) is 27.4 Å². The third kappa shape index (κ3) is 6.87. The van der Waals surface area contributed by atoms with E-state index in [0.717, 1.165) is 32.4 Å². The minimum Gasteiger partial charge on any atom is -0.508 e. The number of aryl methyl sites for hydroxylation is 1. The van der Waals surface area contributed by atoms with E-state index in [0.29, 0.717) is 22.5 Å².